The van der Waals surface area contributed by atoms with Crippen molar-refractivity contribution in [2.75, 3.05) is 11.9 Å². The number of anilines is 1. The van der Waals surface area contributed by atoms with Gasteiger partial charge in [-0.25, -0.2) is 9.97 Å². The molecule has 2 aromatic heterocycles. The first kappa shape index (κ1) is 10.8. The third-order valence-electron chi connectivity index (χ3n) is 3.00. The van der Waals surface area contributed by atoms with Crippen LogP contribution in [0.15, 0.2) is 43.0 Å². The normalized spacial score (nSPS) is 10.9. The maximum Gasteiger partial charge on any atom is 0.203 e. The maximum atomic E-state index is 4.56. The van der Waals surface area contributed by atoms with Crippen molar-refractivity contribution in [2.45, 2.75) is 6.54 Å². The second-order valence-corrected chi connectivity index (χ2v) is 4.21. The molecule has 0 unspecified atom stereocenters. The van der Waals surface area contributed by atoms with Crippen LogP contribution in [-0.2, 0) is 13.6 Å². The van der Waals surface area contributed by atoms with E-state index in [1.165, 1.54) is 0 Å². The Kier molecular flexibility index (Phi) is 2.72. The van der Waals surface area contributed by atoms with E-state index in [2.05, 4.69) is 25.9 Å². The Bertz CT molecular complexity index is 639. The topological polar surface area (TPSA) is 47.7 Å². The lowest BCUT2D eigenvalue weighted by Crippen LogP contribution is -2.12. The van der Waals surface area contributed by atoms with Crippen LogP contribution in [0.2, 0.25) is 0 Å². The summed E-state index contributed by atoms with van der Waals surface area (Å²) in [7, 11) is 2.02. The predicted octanol–water partition coefficient (Wildman–Crippen LogP) is 1.88. The molecule has 0 saturated carbocycles. The van der Waals surface area contributed by atoms with Gasteiger partial charge in [0.2, 0.25) is 5.95 Å². The highest BCUT2D eigenvalue weighted by Gasteiger charge is 2.05. The van der Waals surface area contributed by atoms with Gasteiger partial charge in [0.05, 0.1) is 17.4 Å². The van der Waals surface area contributed by atoms with E-state index in [1.54, 1.807) is 6.20 Å². The number of imidazole rings is 2. The molecule has 5 nitrogen and oxygen atoms in total. The summed E-state index contributed by atoms with van der Waals surface area (Å²) in [6.45, 7) is 1.71. The van der Waals surface area contributed by atoms with Gasteiger partial charge in [0.1, 0.15) is 0 Å². The van der Waals surface area contributed by atoms with E-state index in [0.717, 1.165) is 30.1 Å². The lowest BCUT2D eigenvalue weighted by molar-refractivity contribution is 0.720. The Morgan fingerprint density at radius 1 is 1.28 bits per heavy atom. The number of rotatable bonds is 4. The summed E-state index contributed by atoms with van der Waals surface area (Å²) < 4.78 is 4.11. The highest BCUT2D eigenvalue weighted by atomic mass is 15.2. The van der Waals surface area contributed by atoms with E-state index < -0.39 is 0 Å². The molecule has 0 bridgehead atoms. The molecular weight excluding hydrogens is 226 g/mol. The standard InChI is InChI=1S/C13H15N5/c1-17-12-5-3-2-4-11(12)16-13(17)15-7-9-18-8-6-14-10-18/h2-6,8,10H,7,9H2,1H3,(H,15,16). The molecule has 0 fully saturated rings. The van der Waals surface area contributed by atoms with Crippen LogP contribution in [0.3, 0.4) is 0 Å². The van der Waals surface area contributed by atoms with E-state index in [1.807, 2.05) is 42.3 Å². The summed E-state index contributed by atoms with van der Waals surface area (Å²) in [5, 5.41) is 3.34. The molecule has 1 aromatic carbocycles. The highest BCUT2D eigenvalue weighted by Crippen LogP contribution is 2.17. The fourth-order valence-electron chi connectivity index (χ4n) is 2.02. The quantitative estimate of drug-likeness (QED) is 0.758. The Labute approximate surface area is 105 Å². The van der Waals surface area contributed by atoms with Crippen molar-refractivity contribution in [2.24, 2.45) is 7.05 Å². The third kappa shape index (κ3) is 1.95. The lowest BCUT2D eigenvalue weighted by atomic mass is 10.3. The van der Waals surface area contributed by atoms with Crippen LogP contribution in [0.25, 0.3) is 11.0 Å². The maximum absolute atomic E-state index is 4.56. The van der Waals surface area contributed by atoms with Gasteiger partial charge < -0.3 is 14.5 Å². The van der Waals surface area contributed by atoms with Crippen LogP contribution in [0.5, 0.6) is 0 Å². The second-order valence-electron chi connectivity index (χ2n) is 4.21. The largest absolute Gasteiger partial charge is 0.354 e. The van der Waals surface area contributed by atoms with E-state index >= 15 is 0 Å². The van der Waals surface area contributed by atoms with Gasteiger partial charge >= 0.3 is 0 Å². The zero-order chi connectivity index (χ0) is 12.4. The molecule has 0 saturated heterocycles. The molecule has 2 heterocycles. The number of aryl methyl sites for hydroxylation is 1. The van der Waals surface area contributed by atoms with E-state index in [0.29, 0.717) is 0 Å². The summed E-state index contributed by atoms with van der Waals surface area (Å²) in [4.78, 5) is 8.57. The zero-order valence-electron chi connectivity index (χ0n) is 10.2. The van der Waals surface area contributed by atoms with Crippen molar-refractivity contribution in [1.29, 1.82) is 0 Å². The van der Waals surface area contributed by atoms with Gasteiger partial charge in [0.25, 0.3) is 0 Å². The Morgan fingerprint density at radius 2 is 2.17 bits per heavy atom. The van der Waals surface area contributed by atoms with Gasteiger partial charge in [-0.2, -0.15) is 0 Å². The van der Waals surface area contributed by atoms with Crippen LogP contribution in [0, 0.1) is 0 Å². The van der Waals surface area contributed by atoms with E-state index in [-0.39, 0.29) is 0 Å². The fourth-order valence-corrected chi connectivity index (χ4v) is 2.02. The summed E-state index contributed by atoms with van der Waals surface area (Å²) in [5.74, 6) is 0.899. The molecule has 0 aliphatic carbocycles. The molecular formula is C13H15N5. The summed E-state index contributed by atoms with van der Waals surface area (Å²) >= 11 is 0. The number of aromatic nitrogens is 4. The average Bonchev–Trinajstić information content (AvgIpc) is 3.00. The van der Waals surface area contributed by atoms with Gasteiger partial charge in [-0.3, -0.25) is 0 Å². The Hall–Kier alpha value is -2.30. The number of hydrogen-bond donors (Lipinski definition) is 1. The number of fused-ring (bicyclic) bond motifs is 1. The predicted molar refractivity (Wildman–Crippen MR) is 71.4 cm³/mol. The van der Waals surface area contributed by atoms with Gasteiger partial charge in [0, 0.05) is 32.5 Å². The third-order valence-corrected chi connectivity index (χ3v) is 3.00. The number of para-hydroxylation sites is 2. The molecule has 18 heavy (non-hydrogen) atoms. The molecule has 1 N–H and O–H groups in total. The van der Waals surface area contributed by atoms with Gasteiger partial charge in [0.15, 0.2) is 0 Å². The van der Waals surface area contributed by atoms with Crippen LogP contribution in [0.1, 0.15) is 0 Å². The lowest BCUT2D eigenvalue weighted by Gasteiger charge is -2.06. The first-order valence-electron chi connectivity index (χ1n) is 5.95. The monoisotopic (exact) mass is 241 g/mol. The van der Waals surface area contributed by atoms with Crippen molar-refractivity contribution < 1.29 is 0 Å². The summed E-state index contributed by atoms with van der Waals surface area (Å²) in [6.07, 6.45) is 5.56. The second kappa shape index (κ2) is 4.52. The Balaban J connectivity index is 1.73. The molecule has 0 spiro atoms. The number of nitrogens with one attached hydrogen (secondary N) is 1. The number of benzene rings is 1. The minimum absolute atomic E-state index is 0.827. The summed E-state index contributed by atoms with van der Waals surface area (Å²) in [5.41, 5.74) is 2.16. The van der Waals surface area contributed by atoms with Crippen molar-refractivity contribution in [1.82, 2.24) is 19.1 Å². The fraction of sp³-hybridized carbons (Fsp3) is 0.231. The zero-order valence-corrected chi connectivity index (χ0v) is 10.2. The molecule has 3 rings (SSSR count). The first-order chi connectivity index (χ1) is 8.84. The summed E-state index contributed by atoms with van der Waals surface area (Å²) in [6, 6.07) is 8.13. The smallest absolute Gasteiger partial charge is 0.203 e. The number of hydrogen-bond acceptors (Lipinski definition) is 3. The molecule has 0 aliphatic rings. The molecule has 5 heteroatoms. The molecule has 0 atom stereocenters. The molecule has 0 aliphatic heterocycles. The molecule has 92 valence electrons. The van der Waals surface area contributed by atoms with Crippen molar-refractivity contribution >= 4 is 17.0 Å². The highest BCUT2D eigenvalue weighted by molar-refractivity contribution is 5.78. The van der Waals surface area contributed by atoms with Gasteiger partial charge in [-0.05, 0) is 12.1 Å². The molecule has 0 amide bonds. The van der Waals surface area contributed by atoms with Crippen molar-refractivity contribution in [3.05, 3.63) is 43.0 Å². The molecule has 0 radical (unpaired) electrons. The van der Waals surface area contributed by atoms with Crippen molar-refractivity contribution in [3.8, 4) is 0 Å². The van der Waals surface area contributed by atoms with Gasteiger partial charge in [-0.1, -0.05) is 12.1 Å². The SMILES string of the molecule is Cn1c(NCCn2ccnc2)nc2ccccc21. The van der Waals surface area contributed by atoms with Gasteiger partial charge in [-0.15, -0.1) is 0 Å². The van der Waals surface area contributed by atoms with Crippen LogP contribution in [0.4, 0.5) is 5.95 Å². The van der Waals surface area contributed by atoms with E-state index in [4.69, 9.17) is 0 Å². The van der Waals surface area contributed by atoms with Crippen LogP contribution < -0.4 is 5.32 Å². The first-order valence-corrected chi connectivity index (χ1v) is 5.95. The van der Waals surface area contributed by atoms with Crippen LogP contribution in [-0.4, -0.2) is 25.6 Å². The minimum atomic E-state index is 0.827. The number of nitrogens with zero attached hydrogens (tertiary/aromatic N) is 4. The average molecular weight is 241 g/mol. The van der Waals surface area contributed by atoms with Crippen molar-refractivity contribution in [3.63, 3.8) is 0 Å². The molecule has 3 aromatic rings. The Morgan fingerprint density at radius 3 is 2.94 bits per heavy atom. The van der Waals surface area contributed by atoms with Crippen LogP contribution >= 0.6 is 0 Å². The van der Waals surface area contributed by atoms with E-state index in [9.17, 15) is 0 Å². The minimum Gasteiger partial charge on any atom is -0.354 e.